The minimum absolute atomic E-state index is 0.130. The first-order chi connectivity index (χ1) is 18.7. The molecule has 200 valence electrons. The Morgan fingerprint density at radius 1 is 0.947 bits per heavy atom. The standard InChI is InChI=1S/C31H39N5O2/c1-34-22-27-23-38-31(36(27)21-26-10-6-5-7-11-26)12-8-3-4-9-18-35(30-20-29(34)32-24-33-30)19-17-25-13-15-28(37-2)16-14-25/h3-7,10-11,13-16,20,24,27,31H,8-9,12,17-19,21-23H2,1-2H3/b4-3-/t27-,31-/m0/s1. The van der Waals surface area contributed by atoms with Gasteiger partial charge in [0.25, 0.3) is 0 Å². The Morgan fingerprint density at radius 2 is 1.74 bits per heavy atom. The van der Waals surface area contributed by atoms with Crippen molar-refractivity contribution in [1.82, 2.24) is 14.9 Å². The molecule has 38 heavy (non-hydrogen) atoms. The minimum atomic E-state index is 0.130. The summed E-state index contributed by atoms with van der Waals surface area (Å²) in [5.41, 5.74) is 2.61. The number of rotatable bonds is 6. The lowest BCUT2D eigenvalue weighted by atomic mass is 10.1. The summed E-state index contributed by atoms with van der Waals surface area (Å²) in [7, 11) is 3.83. The van der Waals surface area contributed by atoms with Crippen LogP contribution < -0.4 is 14.5 Å². The van der Waals surface area contributed by atoms with E-state index in [2.05, 4.69) is 92.4 Å². The predicted molar refractivity (Wildman–Crippen MR) is 153 cm³/mol. The van der Waals surface area contributed by atoms with Crippen LogP contribution in [0.15, 0.2) is 79.1 Å². The Labute approximate surface area is 226 Å². The average molecular weight is 514 g/mol. The van der Waals surface area contributed by atoms with Crippen LogP contribution in [0.1, 0.15) is 30.4 Å². The van der Waals surface area contributed by atoms with Crippen LogP contribution in [0.5, 0.6) is 5.75 Å². The molecule has 0 amide bonds. The van der Waals surface area contributed by atoms with Crippen LogP contribution in [0.4, 0.5) is 11.6 Å². The van der Waals surface area contributed by atoms with E-state index >= 15 is 0 Å². The van der Waals surface area contributed by atoms with Crippen molar-refractivity contribution in [3.8, 4) is 5.75 Å². The molecule has 1 aromatic heterocycles. The Morgan fingerprint density at radius 3 is 2.55 bits per heavy atom. The lowest BCUT2D eigenvalue weighted by Gasteiger charge is -2.31. The zero-order valence-corrected chi connectivity index (χ0v) is 22.6. The third-order valence-corrected chi connectivity index (χ3v) is 7.51. The number of benzene rings is 2. The van der Waals surface area contributed by atoms with Crippen molar-refractivity contribution in [1.29, 1.82) is 0 Å². The summed E-state index contributed by atoms with van der Waals surface area (Å²) in [6.07, 6.45) is 10.4. The van der Waals surface area contributed by atoms with Gasteiger partial charge in [-0.15, -0.1) is 0 Å². The molecular weight excluding hydrogens is 474 g/mol. The molecule has 5 rings (SSSR count). The van der Waals surface area contributed by atoms with Gasteiger partial charge in [0.05, 0.1) is 19.8 Å². The van der Waals surface area contributed by atoms with Crippen LogP contribution in [0.3, 0.4) is 0 Å². The quantitative estimate of drug-likeness (QED) is 0.433. The molecule has 2 atom stereocenters. The number of anilines is 2. The lowest BCUT2D eigenvalue weighted by Crippen LogP contribution is -2.43. The number of fused-ring (bicyclic) bond motifs is 4. The monoisotopic (exact) mass is 513 g/mol. The molecule has 0 saturated carbocycles. The molecule has 1 fully saturated rings. The van der Waals surface area contributed by atoms with Gasteiger partial charge >= 0.3 is 0 Å². The molecule has 0 radical (unpaired) electrons. The van der Waals surface area contributed by atoms with Crippen molar-refractivity contribution in [2.75, 3.05) is 50.2 Å². The molecule has 2 aliphatic heterocycles. The first-order valence-corrected chi connectivity index (χ1v) is 13.7. The molecule has 0 spiro atoms. The Kier molecular flexibility index (Phi) is 8.89. The van der Waals surface area contributed by atoms with Gasteiger partial charge < -0.3 is 19.3 Å². The Bertz CT molecular complexity index is 1170. The highest BCUT2D eigenvalue weighted by atomic mass is 16.5. The second-order valence-electron chi connectivity index (χ2n) is 10.1. The summed E-state index contributed by atoms with van der Waals surface area (Å²) in [6.45, 7) is 4.28. The van der Waals surface area contributed by atoms with Gasteiger partial charge in [-0.1, -0.05) is 54.6 Å². The van der Waals surface area contributed by atoms with E-state index in [-0.39, 0.29) is 6.23 Å². The summed E-state index contributed by atoms with van der Waals surface area (Å²) >= 11 is 0. The second kappa shape index (κ2) is 12.9. The van der Waals surface area contributed by atoms with Crippen molar-refractivity contribution < 1.29 is 9.47 Å². The number of hydrogen-bond acceptors (Lipinski definition) is 7. The van der Waals surface area contributed by atoms with Crippen molar-refractivity contribution in [2.24, 2.45) is 0 Å². The van der Waals surface area contributed by atoms with Gasteiger partial charge in [-0.2, -0.15) is 0 Å². The molecule has 0 aliphatic carbocycles. The first-order valence-electron chi connectivity index (χ1n) is 13.7. The molecule has 2 aromatic carbocycles. The largest absolute Gasteiger partial charge is 0.497 e. The molecular formula is C31H39N5O2. The van der Waals surface area contributed by atoms with E-state index in [1.165, 1.54) is 11.1 Å². The van der Waals surface area contributed by atoms with Gasteiger partial charge in [-0.3, -0.25) is 4.90 Å². The fourth-order valence-corrected chi connectivity index (χ4v) is 5.31. The highest BCUT2D eigenvalue weighted by molar-refractivity contribution is 5.50. The van der Waals surface area contributed by atoms with Gasteiger partial charge in [0.2, 0.25) is 0 Å². The minimum Gasteiger partial charge on any atom is -0.497 e. The van der Waals surface area contributed by atoms with Gasteiger partial charge in [0.15, 0.2) is 0 Å². The number of hydrogen-bond donors (Lipinski definition) is 0. The number of likely N-dealkylation sites (N-methyl/N-ethyl adjacent to an activating group) is 1. The fourth-order valence-electron chi connectivity index (χ4n) is 5.31. The summed E-state index contributed by atoms with van der Waals surface area (Å²) in [4.78, 5) is 16.5. The summed E-state index contributed by atoms with van der Waals surface area (Å²) in [5, 5.41) is 0. The maximum absolute atomic E-state index is 6.33. The van der Waals surface area contributed by atoms with Crippen molar-refractivity contribution in [3.63, 3.8) is 0 Å². The van der Waals surface area contributed by atoms with Crippen LogP contribution in [-0.2, 0) is 17.7 Å². The number of nitrogens with zero attached hydrogens (tertiary/aromatic N) is 5. The molecule has 1 saturated heterocycles. The highest BCUT2D eigenvalue weighted by Crippen LogP contribution is 2.26. The van der Waals surface area contributed by atoms with Crippen LogP contribution in [-0.4, -0.2) is 67.5 Å². The van der Waals surface area contributed by atoms with Crippen molar-refractivity contribution >= 4 is 11.6 Å². The number of allylic oxidation sites excluding steroid dienone is 1. The van der Waals surface area contributed by atoms with Crippen LogP contribution in [0.25, 0.3) is 0 Å². The van der Waals surface area contributed by atoms with Gasteiger partial charge in [0.1, 0.15) is 29.9 Å². The van der Waals surface area contributed by atoms with E-state index in [0.717, 1.165) is 75.9 Å². The molecule has 3 aromatic rings. The SMILES string of the molecule is COc1ccc(CCN2CC/C=C\CC[C@@H]3OC[C@H](CN(C)c4cc2ncn4)N3Cc2ccccc2)cc1. The molecule has 3 heterocycles. The number of aromatic nitrogens is 2. The highest BCUT2D eigenvalue weighted by Gasteiger charge is 2.34. The van der Waals surface area contributed by atoms with E-state index in [9.17, 15) is 0 Å². The van der Waals surface area contributed by atoms with Crippen LogP contribution >= 0.6 is 0 Å². The molecule has 0 N–H and O–H groups in total. The first kappa shape index (κ1) is 26.2. The normalized spacial score (nSPS) is 21.5. The zero-order valence-electron chi connectivity index (χ0n) is 22.6. The fraction of sp³-hybridized carbons (Fsp3) is 0.419. The smallest absolute Gasteiger partial charge is 0.134 e. The van der Waals surface area contributed by atoms with E-state index < -0.39 is 0 Å². The van der Waals surface area contributed by atoms with Crippen LogP contribution in [0, 0.1) is 0 Å². The second-order valence-corrected chi connectivity index (χ2v) is 10.1. The van der Waals surface area contributed by atoms with Gasteiger partial charge in [-0.05, 0) is 48.9 Å². The Balaban J connectivity index is 1.34. The number of ether oxygens (including phenoxy) is 2. The lowest BCUT2D eigenvalue weighted by molar-refractivity contribution is 0.0207. The van der Waals surface area contributed by atoms with E-state index in [4.69, 9.17) is 9.47 Å². The molecule has 2 aliphatic rings. The predicted octanol–water partition coefficient (Wildman–Crippen LogP) is 4.94. The van der Waals surface area contributed by atoms with E-state index in [0.29, 0.717) is 6.04 Å². The summed E-state index contributed by atoms with van der Waals surface area (Å²) in [6, 6.07) is 21.5. The van der Waals surface area contributed by atoms with Crippen molar-refractivity contribution in [2.45, 2.75) is 44.5 Å². The Hall–Kier alpha value is -3.42. The van der Waals surface area contributed by atoms with Gasteiger partial charge in [0, 0.05) is 39.3 Å². The van der Waals surface area contributed by atoms with E-state index in [1.54, 1.807) is 13.4 Å². The van der Waals surface area contributed by atoms with Gasteiger partial charge in [-0.25, -0.2) is 9.97 Å². The van der Waals surface area contributed by atoms with E-state index in [1.807, 2.05) is 12.1 Å². The zero-order chi connectivity index (χ0) is 26.2. The van der Waals surface area contributed by atoms with Crippen molar-refractivity contribution in [3.05, 3.63) is 90.3 Å². The maximum atomic E-state index is 6.33. The topological polar surface area (TPSA) is 54.0 Å². The number of methoxy groups -OCH3 is 1. The third kappa shape index (κ3) is 6.71. The average Bonchev–Trinajstić information content (AvgIpc) is 3.32. The molecule has 4 bridgehead atoms. The summed E-state index contributed by atoms with van der Waals surface area (Å²) < 4.78 is 11.6. The molecule has 0 unspecified atom stereocenters. The molecule has 7 heteroatoms. The maximum Gasteiger partial charge on any atom is 0.134 e. The third-order valence-electron chi connectivity index (χ3n) is 7.51. The summed E-state index contributed by atoms with van der Waals surface area (Å²) in [5.74, 6) is 2.80. The van der Waals surface area contributed by atoms with Crippen LogP contribution in [0.2, 0.25) is 0 Å². The molecule has 7 nitrogen and oxygen atoms in total.